The Bertz CT molecular complexity index is 348. The van der Waals surface area contributed by atoms with Gasteiger partial charge in [-0.25, -0.2) is 0 Å². The maximum atomic E-state index is 6.31. The van der Waals surface area contributed by atoms with E-state index in [1.807, 2.05) is 31.2 Å². The van der Waals surface area contributed by atoms with Crippen LogP contribution in [0.15, 0.2) is 24.3 Å². The van der Waals surface area contributed by atoms with Gasteiger partial charge in [0.2, 0.25) is 0 Å². The molecule has 0 aliphatic carbocycles. The van der Waals surface area contributed by atoms with E-state index in [0.29, 0.717) is 12.5 Å². The molecule has 0 amide bonds. The molecular formula is C16H27NO2. The molecule has 0 saturated heterocycles. The molecule has 1 aromatic rings. The van der Waals surface area contributed by atoms with Gasteiger partial charge in [-0.05, 0) is 37.0 Å². The minimum absolute atomic E-state index is 0.0485. The SMILES string of the molecule is CCCOc1ccc(C(N)C(OCC)C(C)C)cc1. The van der Waals surface area contributed by atoms with E-state index in [0.717, 1.165) is 24.3 Å². The van der Waals surface area contributed by atoms with Gasteiger partial charge in [0, 0.05) is 6.61 Å². The predicted molar refractivity (Wildman–Crippen MR) is 79.4 cm³/mol. The molecule has 1 aromatic carbocycles. The number of rotatable bonds is 8. The maximum absolute atomic E-state index is 6.31. The minimum atomic E-state index is -0.0971. The van der Waals surface area contributed by atoms with Crippen LogP contribution in [-0.2, 0) is 4.74 Å². The van der Waals surface area contributed by atoms with Crippen LogP contribution < -0.4 is 10.5 Å². The fourth-order valence-corrected chi connectivity index (χ4v) is 2.10. The zero-order valence-corrected chi connectivity index (χ0v) is 12.6. The van der Waals surface area contributed by atoms with Gasteiger partial charge in [0.05, 0.1) is 18.8 Å². The summed E-state index contributed by atoms with van der Waals surface area (Å²) in [6.07, 6.45) is 1.06. The van der Waals surface area contributed by atoms with Gasteiger partial charge in [-0.1, -0.05) is 32.9 Å². The highest BCUT2D eigenvalue weighted by Gasteiger charge is 2.23. The van der Waals surface area contributed by atoms with E-state index in [1.165, 1.54) is 0 Å². The van der Waals surface area contributed by atoms with Crippen molar-refractivity contribution in [2.75, 3.05) is 13.2 Å². The number of nitrogens with two attached hydrogens (primary N) is 1. The molecule has 2 unspecified atom stereocenters. The van der Waals surface area contributed by atoms with Crippen LogP contribution in [0, 0.1) is 5.92 Å². The molecular weight excluding hydrogens is 238 g/mol. The molecule has 2 atom stereocenters. The van der Waals surface area contributed by atoms with Crippen molar-refractivity contribution in [2.45, 2.75) is 46.3 Å². The molecule has 1 rings (SSSR count). The molecule has 0 radical (unpaired) electrons. The highest BCUT2D eigenvalue weighted by molar-refractivity contribution is 5.29. The van der Waals surface area contributed by atoms with Gasteiger partial charge in [0.1, 0.15) is 5.75 Å². The molecule has 0 fully saturated rings. The number of benzene rings is 1. The van der Waals surface area contributed by atoms with Crippen molar-refractivity contribution in [3.05, 3.63) is 29.8 Å². The van der Waals surface area contributed by atoms with Crippen molar-refractivity contribution >= 4 is 0 Å². The third kappa shape index (κ3) is 4.84. The molecule has 0 spiro atoms. The van der Waals surface area contributed by atoms with Crippen molar-refractivity contribution < 1.29 is 9.47 Å². The molecule has 0 aliphatic heterocycles. The summed E-state index contributed by atoms with van der Waals surface area (Å²) in [7, 11) is 0. The Morgan fingerprint density at radius 2 is 1.74 bits per heavy atom. The molecule has 2 N–H and O–H groups in total. The third-order valence-electron chi connectivity index (χ3n) is 3.11. The molecule has 19 heavy (non-hydrogen) atoms. The van der Waals surface area contributed by atoms with Gasteiger partial charge in [-0.15, -0.1) is 0 Å². The summed E-state index contributed by atoms with van der Waals surface area (Å²) in [5.74, 6) is 1.29. The highest BCUT2D eigenvalue weighted by Crippen LogP contribution is 2.24. The van der Waals surface area contributed by atoms with Crippen LogP contribution in [-0.4, -0.2) is 19.3 Å². The molecule has 3 nitrogen and oxygen atoms in total. The topological polar surface area (TPSA) is 44.5 Å². The summed E-state index contributed by atoms with van der Waals surface area (Å²) in [5, 5.41) is 0. The standard InChI is InChI=1S/C16H27NO2/c1-5-11-19-14-9-7-13(8-10-14)15(17)16(12(3)4)18-6-2/h7-10,12,15-16H,5-6,11,17H2,1-4H3. The first-order chi connectivity index (χ1) is 9.10. The summed E-state index contributed by atoms with van der Waals surface area (Å²) in [4.78, 5) is 0. The van der Waals surface area contributed by atoms with E-state index in [9.17, 15) is 0 Å². The fraction of sp³-hybridized carbons (Fsp3) is 0.625. The largest absolute Gasteiger partial charge is 0.494 e. The Morgan fingerprint density at radius 1 is 1.11 bits per heavy atom. The first-order valence-corrected chi connectivity index (χ1v) is 7.20. The summed E-state index contributed by atoms with van der Waals surface area (Å²) in [5.41, 5.74) is 7.40. The van der Waals surface area contributed by atoms with E-state index in [-0.39, 0.29) is 12.1 Å². The lowest BCUT2D eigenvalue weighted by molar-refractivity contribution is 0.0121. The van der Waals surface area contributed by atoms with Crippen LogP contribution in [0.2, 0.25) is 0 Å². The highest BCUT2D eigenvalue weighted by atomic mass is 16.5. The van der Waals surface area contributed by atoms with Crippen LogP contribution >= 0.6 is 0 Å². The summed E-state index contributed by atoms with van der Waals surface area (Å²) < 4.78 is 11.3. The smallest absolute Gasteiger partial charge is 0.119 e. The monoisotopic (exact) mass is 265 g/mol. The van der Waals surface area contributed by atoms with Gasteiger partial charge in [0.25, 0.3) is 0 Å². The van der Waals surface area contributed by atoms with Crippen molar-refractivity contribution in [1.29, 1.82) is 0 Å². The van der Waals surface area contributed by atoms with Gasteiger partial charge < -0.3 is 15.2 Å². The van der Waals surface area contributed by atoms with Crippen LogP contribution in [0.25, 0.3) is 0 Å². The molecule has 0 saturated carbocycles. The van der Waals surface area contributed by atoms with E-state index in [2.05, 4.69) is 20.8 Å². The van der Waals surface area contributed by atoms with Gasteiger partial charge in [0.15, 0.2) is 0 Å². The van der Waals surface area contributed by atoms with E-state index in [1.54, 1.807) is 0 Å². The average Bonchev–Trinajstić information content (AvgIpc) is 2.42. The lowest BCUT2D eigenvalue weighted by Gasteiger charge is -2.27. The van der Waals surface area contributed by atoms with Crippen LogP contribution in [0.5, 0.6) is 5.75 Å². The number of ether oxygens (including phenoxy) is 2. The van der Waals surface area contributed by atoms with Gasteiger partial charge in [-0.2, -0.15) is 0 Å². The lowest BCUT2D eigenvalue weighted by Crippen LogP contribution is -2.33. The van der Waals surface area contributed by atoms with Crippen LogP contribution in [0.4, 0.5) is 0 Å². The minimum Gasteiger partial charge on any atom is -0.494 e. The molecule has 0 heterocycles. The van der Waals surface area contributed by atoms with Crippen molar-refractivity contribution in [1.82, 2.24) is 0 Å². The van der Waals surface area contributed by atoms with Crippen molar-refractivity contribution in [3.63, 3.8) is 0 Å². The molecule has 108 valence electrons. The summed E-state index contributed by atoms with van der Waals surface area (Å²) >= 11 is 0. The second kappa shape index (κ2) is 8.18. The second-order valence-electron chi connectivity index (χ2n) is 5.11. The zero-order chi connectivity index (χ0) is 14.3. The molecule has 0 aromatic heterocycles. The maximum Gasteiger partial charge on any atom is 0.119 e. The Labute approximate surface area is 117 Å². The summed E-state index contributed by atoms with van der Waals surface area (Å²) in [6, 6.07) is 7.93. The second-order valence-corrected chi connectivity index (χ2v) is 5.11. The first kappa shape index (κ1) is 16.0. The molecule has 0 bridgehead atoms. The molecule has 0 aliphatic rings. The predicted octanol–water partition coefficient (Wildman–Crippen LogP) is 3.54. The third-order valence-corrected chi connectivity index (χ3v) is 3.11. The Morgan fingerprint density at radius 3 is 2.21 bits per heavy atom. The average molecular weight is 265 g/mol. The Hall–Kier alpha value is -1.06. The number of hydrogen-bond donors (Lipinski definition) is 1. The normalized spacial score (nSPS) is 14.4. The van der Waals surface area contributed by atoms with Crippen molar-refractivity contribution in [2.24, 2.45) is 11.7 Å². The number of hydrogen-bond acceptors (Lipinski definition) is 3. The fourth-order valence-electron chi connectivity index (χ4n) is 2.10. The zero-order valence-electron chi connectivity index (χ0n) is 12.6. The van der Waals surface area contributed by atoms with Crippen LogP contribution in [0.1, 0.15) is 45.7 Å². The van der Waals surface area contributed by atoms with Gasteiger partial charge in [-0.3, -0.25) is 0 Å². The van der Waals surface area contributed by atoms with Gasteiger partial charge >= 0.3 is 0 Å². The van der Waals surface area contributed by atoms with Crippen molar-refractivity contribution in [3.8, 4) is 5.75 Å². The lowest BCUT2D eigenvalue weighted by atomic mass is 9.94. The molecule has 3 heteroatoms. The van der Waals surface area contributed by atoms with E-state index >= 15 is 0 Å². The summed E-state index contributed by atoms with van der Waals surface area (Å²) in [6.45, 7) is 9.81. The van der Waals surface area contributed by atoms with Crippen LogP contribution in [0.3, 0.4) is 0 Å². The Kier molecular flexibility index (Phi) is 6.89. The first-order valence-electron chi connectivity index (χ1n) is 7.20. The Balaban J connectivity index is 2.72. The van der Waals surface area contributed by atoms with E-state index in [4.69, 9.17) is 15.2 Å². The quantitative estimate of drug-likeness (QED) is 0.782. The van der Waals surface area contributed by atoms with E-state index < -0.39 is 0 Å².